The van der Waals surface area contributed by atoms with Crippen LogP contribution in [0.25, 0.3) is 0 Å². The maximum absolute atomic E-state index is 11.6. The quantitative estimate of drug-likeness (QED) is 0.733. The van der Waals surface area contributed by atoms with E-state index in [1.165, 1.54) is 0 Å². The van der Waals surface area contributed by atoms with E-state index in [4.69, 9.17) is 9.84 Å². The predicted molar refractivity (Wildman–Crippen MR) is 74.6 cm³/mol. The molecule has 6 heteroatoms. The highest BCUT2D eigenvalue weighted by Gasteiger charge is 2.10. The van der Waals surface area contributed by atoms with Crippen molar-refractivity contribution in [1.82, 2.24) is 10.2 Å². The lowest BCUT2D eigenvalue weighted by atomic mass is 10.2. The molecule has 0 aliphatic carbocycles. The Morgan fingerprint density at radius 1 is 1.30 bits per heavy atom. The molecule has 0 heterocycles. The van der Waals surface area contributed by atoms with Crippen molar-refractivity contribution in [3.63, 3.8) is 0 Å². The minimum absolute atomic E-state index is 0.176. The molecule has 6 nitrogen and oxygen atoms in total. The van der Waals surface area contributed by atoms with Crippen LogP contribution < -0.4 is 10.1 Å². The van der Waals surface area contributed by atoms with E-state index < -0.39 is 5.97 Å². The molecule has 0 aliphatic rings. The highest BCUT2D eigenvalue weighted by molar-refractivity contribution is 5.82. The summed E-state index contributed by atoms with van der Waals surface area (Å²) in [6.07, 6.45) is 0. The Balaban J connectivity index is 2.49. The fourth-order valence-corrected chi connectivity index (χ4v) is 1.70. The maximum atomic E-state index is 11.6. The molecule has 110 valence electrons. The number of methoxy groups -OCH3 is 1. The van der Waals surface area contributed by atoms with Gasteiger partial charge >= 0.3 is 5.97 Å². The second-order valence-corrected chi connectivity index (χ2v) is 4.32. The number of hydrogen-bond donors (Lipinski definition) is 2. The van der Waals surface area contributed by atoms with Gasteiger partial charge in [-0.25, -0.2) is 0 Å². The lowest BCUT2D eigenvalue weighted by molar-refractivity contribution is -0.138. The molecule has 1 aromatic rings. The van der Waals surface area contributed by atoms with E-state index in [1.807, 2.05) is 36.1 Å². The first-order valence-electron chi connectivity index (χ1n) is 6.39. The van der Waals surface area contributed by atoms with Crippen molar-refractivity contribution >= 4 is 11.9 Å². The molecule has 0 fully saturated rings. The summed E-state index contributed by atoms with van der Waals surface area (Å²) in [5, 5.41) is 10.8. The van der Waals surface area contributed by atoms with E-state index in [1.54, 1.807) is 7.11 Å². The van der Waals surface area contributed by atoms with Crippen molar-refractivity contribution in [3.8, 4) is 5.75 Å². The van der Waals surface area contributed by atoms with Crippen LogP contribution in [0.3, 0.4) is 0 Å². The molecule has 1 amide bonds. The summed E-state index contributed by atoms with van der Waals surface area (Å²) in [7, 11) is 1.61. The Labute approximate surface area is 118 Å². The Morgan fingerprint density at radius 2 is 1.95 bits per heavy atom. The number of amides is 1. The largest absolute Gasteiger partial charge is 0.497 e. The molecule has 1 aromatic carbocycles. The summed E-state index contributed by atoms with van der Waals surface area (Å²) in [6, 6.07) is 7.62. The normalized spacial score (nSPS) is 10.3. The van der Waals surface area contributed by atoms with Crippen LogP contribution in [0.1, 0.15) is 12.5 Å². The van der Waals surface area contributed by atoms with Gasteiger partial charge in [0.05, 0.1) is 13.7 Å². The first-order valence-corrected chi connectivity index (χ1v) is 6.39. The Morgan fingerprint density at radius 3 is 2.45 bits per heavy atom. The first kappa shape index (κ1) is 16.0. The molecule has 0 bridgehead atoms. The average molecular weight is 280 g/mol. The Hall–Kier alpha value is -2.08. The SMILES string of the molecule is CCN(CC(=O)NCC(=O)O)Cc1ccc(OC)cc1. The summed E-state index contributed by atoms with van der Waals surface area (Å²) < 4.78 is 5.09. The Bertz CT molecular complexity index is 445. The molecule has 2 N–H and O–H groups in total. The van der Waals surface area contributed by atoms with E-state index in [9.17, 15) is 9.59 Å². The first-order chi connectivity index (χ1) is 9.55. The number of likely N-dealkylation sites (N-methyl/N-ethyl adjacent to an activating group) is 1. The zero-order chi connectivity index (χ0) is 15.0. The fraction of sp³-hybridized carbons (Fsp3) is 0.429. The number of carboxylic acid groups (broad SMARTS) is 1. The molecule has 0 unspecified atom stereocenters. The lowest BCUT2D eigenvalue weighted by Gasteiger charge is -2.19. The van der Waals surface area contributed by atoms with Crippen molar-refractivity contribution in [1.29, 1.82) is 0 Å². The zero-order valence-electron chi connectivity index (χ0n) is 11.8. The van der Waals surface area contributed by atoms with Crippen molar-refractivity contribution in [2.75, 3.05) is 26.7 Å². The highest BCUT2D eigenvalue weighted by Crippen LogP contribution is 2.12. The van der Waals surface area contributed by atoms with E-state index in [0.717, 1.165) is 11.3 Å². The van der Waals surface area contributed by atoms with Gasteiger partial charge in [0.1, 0.15) is 12.3 Å². The van der Waals surface area contributed by atoms with Gasteiger partial charge in [0.25, 0.3) is 0 Å². The minimum Gasteiger partial charge on any atom is -0.497 e. The summed E-state index contributed by atoms with van der Waals surface area (Å²) in [4.78, 5) is 23.9. The smallest absolute Gasteiger partial charge is 0.322 e. The van der Waals surface area contributed by atoms with Crippen LogP contribution in [0, 0.1) is 0 Å². The van der Waals surface area contributed by atoms with E-state index in [-0.39, 0.29) is 19.0 Å². The third-order valence-corrected chi connectivity index (χ3v) is 2.82. The highest BCUT2D eigenvalue weighted by atomic mass is 16.5. The molecular weight excluding hydrogens is 260 g/mol. The third kappa shape index (κ3) is 5.71. The number of carboxylic acids is 1. The summed E-state index contributed by atoms with van der Waals surface area (Å²) in [6.45, 7) is 3.11. The van der Waals surface area contributed by atoms with Crippen LogP contribution in [0.4, 0.5) is 0 Å². The van der Waals surface area contributed by atoms with Gasteiger partial charge in [0, 0.05) is 6.54 Å². The summed E-state index contributed by atoms with van der Waals surface area (Å²) >= 11 is 0. The van der Waals surface area contributed by atoms with Gasteiger partial charge in [-0.05, 0) is 24.2 Å². The van der Waals surface area contributed by atoms with Crippen LogP contribution in [0.5, 0.6) is 5.75 Å². The number of nitrogens with zero attached hydrogens (tertiary/aromatic N) is 1. The molecule has 20 heavy (non-hydrogen) atoms. The van der Waals surface area contributed by atoms with Crippen LogP contribution in [-0.2, 0) is 16.1 Å². The molecule has 0 aliphatic heterocycles. The van der Waals surface area contributed by atoms with Gasteiger partial charge in [0.2, 0.25) is 5.91 Å². The molecule has 0 atom stereocenters. The number of benzene rings is 1. The van der Waals surface area contributed by atoms with E-state index in [2.05, 4.69) is 5.32 Å². The number of rotatable bonds is 8. The fourth-order valence-electron chi connectivity index (χ4n) is 1.70. The van der Waals surface area contributed by atoms with Crippen LogP contribution in [0.2, 0.25) is 0 Å². The van der Waals surface area contributed by atoms with E-state index in [0.29, 0.717) is 13.1 Å². The molecular formula is C14H20N2O4. The van der Waals surface area contributed by atoms with E-state index >= 15 is 0 Å². The van der Waals surface area contributed by atoms with Crippen LogP contribution >= 0.6 is 0 Å². The number of ether oxygens (including phenoxy) is 1. The van der Waals surface area contributed by atoms with Crippen molar-refractivity contribution < 1.29 is 19.4 Å². The molecule has 0 saturated heterocycles. The van der Waals surface area contributed by atoms with Crippen molar-refractivity contribution in [2.45, 2.75) is 13.5 Å². The molecule has 0 spiro atoms. The van der Waals surface area contributed by atoms with Gasteiger partial charge in [0.15, 0.2) is 0 Å². The second-order valence-electron chi connectivity index (χ2n) is 4.32. The lowest BCUT2D eigenvalue weighted by Crippen LogP contribution is -2.38. The van der Waals surface area contributed by atoms with Gasteiger partial charge in [-0.15, -0.1) is 0 Å². The maximum Gasteiger partial charge on any atom is 0.322 e. The zero-order valence-corrected chi connectivity index (χ0v) is 11.8. The van der Waals surface area contributed by atoms with Gasteiger partial charge in [-0.2, -0.15) is 0 Å². The number of carbonyl (C=O) groups excluding carboxylic acids is 1. The number of nitrogens with one attached hydrogen (secondary N) is 1. The molecule has 0 saturated carbocycles. The molecule has 0 radical (unpaired) electrons. The minimum atomic E-state index is -1.04. The summed E-state index contributed by atoms with van der Waals surface area (Å²) in [5.74, 6) is -0.546. The predicted octanol–water partition coefficient (Wildman–Crippen LogP) is 0.718. The van der Waals surface area contributed by atoms with Crippen molar-refractivity contribution in [3.05, 3.63) is 29.8 Å². The van der Waals surface area contributed by atoms with Gasteiger partial charge < -0.3 is 15.2 Å². The summed E-state index contributed by atoms with van der Waals surface area (Å²) in [5.41, 5.74) is 1.07. The standard InChI is InChI=1S/C14H20N2O4/c1-3-16(10-13(17)15-8-14(18)19)9-11-4-6-12(20-2)7-5-11/h4-7H,3,8-10H2,1-2H3,(H,15,17)(H,18,19). The van der Waals surface area contributed by atoms with Crippen molar-refractivity contribution in [2.24, 2.45) is 0 Å². The molecule has 0 aromatic heterocycles. The Kier molecular flexibility index (Phi) is 6.52. The second kappa shape index (κ2) is 8.16. The van der Waals surface area contributed by atoms with Gasteiger partial charge in [-0.3, -0.25) is 14.5 Å². The van der Waals surface area contributed by atoms with Crippen LogP contribution in [0.15, 0.2) is 24.3 Å². The number of carbonyl (C=O) groups is 2. The van der Waals surface area contributed by atoms with Crippen LogP contribution in [-0.4, -0.2) is 48.6 Å². The molecule has 1 rings (SSSR count). The average Bonchev–Trinajstić information content (AvgIpc) is 2.45. The number of hydrogen-bond acceptors (Lipinski definition) is 4. The van der Waals surface area contributed by atoms with Gasteiger partial charge in [-0.1, -0.05) is 19.1 Å². The number of aliphatic carboxylic acids is 1. The monoisotopic (exact) mass is 280 g/mol. The topological polar surface area (TPSA) is 78.9 Å². The third-order valence-electron chi connectivity index (χ3n) is 2.82.